The lowest BCUT2D eigenvalue weighted by atomic mass is 9.94. The van der Waals surface area contributed by atoms with Gasteiger partial charge in [0.2, 0.25) is 0 Å². The molecule has 1 amide bonds. The van der Waals surface area contributed by atoms with Crippen molar-refractivity contribution in [1.82, 2.24) is 15.3 Å². The number of aromatic nitrogens is 2. The number of carbonyl (C=O) groups excluding carboxylic acids is 1. The fourth-order valence-electron chi connectivity index (χ4n) is 3.52. The van der Waals surface area contributed by atoms with Crippen LogP contribution in [-0.2, 0) is 0 Å². The van der Waals surface area contributed by atoms with Crippen LogP contribution in [0.5, 0.6) is 0 Å². The van der Waals surface area contributed by atoms with Crippen molar-refractivity contribution in [3.8, 4) is 11.4 Å². The van der Waals surface area contributed by atoms with Crippen molar-refractivity contribution in [3.63, 3.8) is 0 Å². The van der Waals surface area contributed by atoms with Crippen LogP contribution in [0.2, 0.25) is 0 Å². The summed E-state index contributed by atoms with van der Waals surface area (Å²) in [6.45, 7) is 2.09. The third-order valence-corrected chi connectivity index (χ3v) is 4.94. The fourth-order valence-corrected chi connectivity index (χ4v) is 3.52. The van der Waals surface area contributed by atoms with E-state index in [0.717, 1.165) is 43.2 Å². The fraction of sp³-hybridized carbons (Fsp3) is 0.450. The minimum atomic E-state index is -0.114. The summed E-state index contributed by atoms with van der Waals surface area (Å²) in [6.07, 6.45) is 8.60. The van der Waals surface area contributed by atoms with Crippen molar-refractivity contribution < 1.29 is 9.90 Å². The summed E-state index contributed by atoms with van der Waals surface area (Å²) < 4.78 is 0. The van der Waals surface area contributed by atoms with E-state index < -0.39 is 0 Å². The highest BCUT2D eigenvalue weighted by Crippen LogP contribution is 2.25. The van der Waals surface area contributed by atoms with Crippen LogP contribution < -0.4 is 5.32 Å². The Kier molecular flexibility index (Phi) is 5.76. The molecular formula is C20H25N3O2. The summed E-state index contributed by atoms with van der Waals surface area (Å²) in [6, 6.07) is 7.52. The van der Waals surface area contributed by atoms with Gasteiger partial charge >= 0.3 is 0 Å². The molecule has 2 N–H and O–H groups in total. The molecule has 0 unspecified atom stereocenters. The predicted molar refractivity (Wildman–Crippen MR) is 97.1 cm³/mol. The van der Waals surface area contributed by atoms with Gasteiger partial charge in [-0.2, -0.15) is 0 Å². The van der Waals surface area contributed by atoms with Crippen LogP contribution in [0.4, 0.5) is 0 Å². The number of hydrogen-bond donors (Lipinski definition) is 2. The van der Waals surface area contributed by atoms with Gasteiger partial charge in [-0.3, -0.25) is 4.79 Å². The van der Waals surface area contributed by atoms with Crippen LogP contribution in [-0.4, -0.2) is 33.6 Å². The second-order valence-electron chi connectivity index (χ2n) is 6.78. The number of aliphatic hydroxyl groups excluding tert-OH is 1. The molecule has 132 valence electrons. The molecule has 1 aliphatic rings. The second kappa shape index (κ2) is 8.21. The van der Waals surface area contributed by atoms with Crippen LogP contribution in [0.15, 0.2) is 36.7 Å². The SMILES string of the molecule is Cc1ccc(-c2ncccn2)c(C(=O)N[C@@H]2CCCCC[C@@H]2CO)c1. The first-order valence-electron chi connectivity index (χ1n) is 8.99. The molecule has 1 saturated carbocycles. The lowest BCUT2D eigenvalue weighted by Gasteiger charge is -2.25. The molecule has 5 nitrogen and oxygen atoms in total. The highest BCUT2D eigenvalue weighted by Gasteiger charge is 2.26. The average Bonchev–Trinajstić information content (AvgIpc) is 2.87. The molecule has 1 aliphatic carbocycles. The van der Waals surface area contributed by atoms with Gasteiger partial charge in [0.15, 0.2) is 5.82 Å². The molecule has 3 rings (SSSR count). The van der Waals surface area contributed by atoms with Crippen LogP contribution in [0.25, 0.3) is 11.4 Å². The Morgan fingerprint density at radius 2 is 1.96 bits per heavy atom. The molecule has 1 heterocycles. The Bertz CT molecular complexity index is 718. The number of carbonyl (C=O) groups is 1. The van der Waals surface area contributed by atoms with Crippen molar-refractivity contribution in [1.29, 1.82) is 0 Å². The first kappa shape index (κ1) is 17.5. The average molecular weight is 339 g/mol. The van der Waals surface area contributed by atoms with E-state index in [1.165, 1.54) is 0 Å². The predicted octanol–water partition coefficient (Wildman–Crippen LogP) is 3.12. The first-order valence-corrected chi connectivity index (χ1v) is 8.99. The van der Waals surface area contributed by atoms with Gasteiger partial charge in [0, 0.05) is 36.5 Å². The van der Waals surface area contributed by atoms with E-state index in [1.54, 1.807) is 18.5 Å². The van der Waals surface area contributed by atoms with Gasteiger partial charge in [-0.15, -0.1) is 0 Å². The summed E-state index contributed by atoms with van der Waals surface area (Å²) in [4.78, 5) is 21.6. The van der Waals surface area contributed by atoms with Crippen molar-refractivity contribution in [2.45, 2.75) is 45.1 Å². The lowest BCUT2D eigenvalue weighted by Crippen LogP contribution is -2.41. The van der Waals surface area contributed by atoms with Gasteiger partial charge in [0.05, 0.1) is 5.56 Å². The number of nitrogens with zero attached hydrogens (tertiary/aromatic N) is 2. The summed E-state index contributed by atoms with van der Waals surface area (Å²) in [7, 11) is 0. The number of nitrogens with one attached hydrogen (secondary N) is 1. The smallest absolute Gasteiger partial charge is 0.252 e. The summed E-state index contributed by atoms with van der Waals surface area (Å²) in [5.74, 6) is 0.566. The van der Waals surface area contributed by atoms with E-state index in [0.29, 0.717) is 11.4 Å². The van der Waals surface area contributed by atoms with Crippen LogP contribution in [0.1, 0.15) is 48.0 Å². The number of amides is 1. The molecule has 5 heteroatoms. The van der Waals surface area contributed by atoms with E-state index in [4.69, 9.17) is 0 Å². The van der Waals surface area contributed by atoms with Gasteiger partial charge in [-0.25, -0.2) is 9.97 Å². The zero-order valence-corrected chi connectivity index (χ0v) is 14.6. The van der Waals surface area contributed by atoms with Crippen LogP contribution >= 0.6 is 0 Å². The maximum Gasteiger partial charge on any atom is 0.252 e. The summed E-state index contributed by atoms with van der Waals surface area (Å²) in [5, 5.41) is 12.8. The van der Waals surface area contributed by atoms with Crippen molar-refractivity contribution in [2.75, 3.05) is 6.61 Å². The van der Waals surface area contributed by atoms with Gasteiger partial charge in [-0.05, 0) is 31.9 Å². The largest absolute Gasteiger partial charge is 0.396 e. The minimum Gasteiger partial charge on any atom is -0.396 e. The number of aliphatic hydroxyl groups is 1. The maximum atomic E-state index is 13.0. The van der Waals surface area contributed by atoms with Gasteiger partial charge in [0.1, 0.15) is 0 Å². The van der Waals surface area contributed by atoms with Gasteiger partial charge in [0.25, 0.3) is 5.91 Å². The molecule has 2 atom stereocenters. The zero-order valence-electron chi connectivity index (χ0n) is 14.6. The lowest BCUT2D eigenvalue weighted by molar-refractivity contribution is 0.0900. The quantitative estimate of drug-likeness (QED) is 0.839. The Labute approximate surface area is 148 Å². The molecule has 1 aromatic carbocycles. The summed E-state index contributed by atoms with van der Waals surface area (Å²) in [5.41, 5.74) is 2.34. The highest BCUT2D eigenvalue weighted by molar-refractivity contribution is 6.00. The van der Waals surface area contributed by atoms with E-state index in [2.05, 4.69) is 15.3 Å². The van der Waals surface area contributed by atoms with Crippen molar-refractivity contribution in [3.05, 3.63) is 47.8 Å². The first-order chi connectivity index (χ1) is 12.2. The Morgan fingerprint density at radius 3 is 2.72 bits per heavy atom. The molecule has 25 heavy (non-hydrogen) atoms. The number of benzene rings is 1. The van der Waals surface area contributed by atoms with Crippen molar-refractivity contribution >= 4 is 5.91 Å². The van der Waals surface area contributed by atoms with Crippen molar-refractivity contribution in [2.24, 2.45) is 5.92 Å². The molecular weight excluding hydrogens is 314 g/mol. The molecule has 0 bridgehead atoms. The molecule has 0 radical (unpaired) electrons. The normalized spacial score (nSPS) is 20.7. The number of aryl methyl sites for hydroxylation is 1. The molecule has 2 aromatic rings. The van der Waals surface area contributed by atoms with E-state index in [-0.39, 0.29) is 24.5 Å². The second-order valence-corrected chi connectivity index (χ2v) is 6.78. The topological polar surface area (TPSA) is 75.1 Å². The molecule has 1 aromatic heterocycles. The van der Waals surface area contributed by atoms with E-state index >= 15 is 0 Å². The third-order valence-electron chi connectivity index (χ3n) is 4.94. The Morgan fingerprint density at radius 1 is 1.20 bits per heavy atom. The van der Waals surface area contributed by atoms with E-state index in [9.17, 15) is 9.90 Å². The van der Waals surface area contributed by atoms with Crippen LogP contribution in [0.3, 0.4) is 0 Å². The minimum absolute atomic E-state index is 0.0186. The molecule has 0 spiro atoms. The monoisotopic (exact) mass is 339 g/mol. The molecule has 0 saturated heterocycles. The maximum absolute atomic E-state index is 13.0. The summed E-state index contributed by atoms with van der Waals surface area (Å²) >= 11 is 0. The third kappa shape index (κ3) is 4.23. The number of rotatable bonds is 4. The van der Waals surface area contributed by atoms with Gasteiger partial charge < -0.3 is 10.4 Å². The Balaban J connectivity index is 1.87. The van der Waals surface area contributed by atoms with Gasteiger partial charge in [-0.1, -0.05) is 37.0 Å². The standard InChI is InChI=1S/C20H25N3O2/c1-14-8-9-16(19-21-10-5-11-22-19)17(12-14)20(25)23-18-7-4-2-3-6-15(18)13-24/h5,8-12,15,18,24H,2-4,6-7,13H2,1H3,(H,23,25)/t15-,18-/m1/s1. The Hall–Kier alpha value is -2.27. The highest BCUT2D eigenvalue weighted by atomic mass is 16.3. The van der Waals surface area contributed by atoms with Crippen LogP contribution in [0, 0.1) is 12.8 Å². The molecule has 1 fully saturated rings. The zero-order chi connectivity index (χ0) is 17.6. The van der Waals surface area contributed by atoms with E-state index in [1.807, 2.05) is 25.1 Å². The molecule has 0 aliphatic heterocycles. The number of hydrogen-bond acceptors (Lipinski definition) is 4.